The van der Waals surface area contributed by atoms with Gasteiger partial charge in [0.2, 0.25) is 17.7 Å². The van der Waals surface area contributed by atoms with E-state index in [1.165, 1.54) is 4.90 Å². The van der Waals surface area contributed by atoms with Gasteiger partial charge in [0.05, 0.1) is 24.0 Å². The SMILES string of the molecule is C=CCCC(=O)OC[C@@H](NC(=O)[C@@H]1[C@H]2O[C@@]3(CC2Br)[C@H](C(=O)N(CC=C)C(C)CCC)N(CCCO)C(=O)[C@@H]13)c1ccccc1. The average molecular weight is 689 g/mol. The smallest absolute Gasteiger partial charge is 0.306 e. The minimum atomic E-state index is -1.21. The van der Waals surface area contributed by atoms with Gasteiger partial charge >= 0.3 is 5.97 Å². The summed E-state index contributed by atoms with van der Waals surface area (Å²) in [5, 5.41) is 12.7. The molecule has 11 heteroatoms. The van der Waals surface area contributed by atoms with Crippen LogP contribution in [0.1, 0.15) is 64.0 Å². The number of hydrogen-bond donors (Lipinski definition) is 2. The third kappa shape index (κ3) is 7.05. The van der Waals surface area contributed by atoms with Gasteiger partial charge in [0.1, 0.15) is 18.2 Å². The topological polar surface area (TPSA) is 125 Å². The van der Waals surface area contributed by atoms with Crippen molar-refractivity contribution in [2.75, 3.05) is 26.3 Å². The summed E-state index contributed by atoms with van der Waals surface area (Å²) in [4.78, 5) is 58.2. The number of halogens is 1. The molecule has 2 N–H and O–H groups in total. The summed E-state index contributed by atoms with van der Waals surface area (Å²) in [7, 11) is 0. The second-order valence-electron chi connectivity index (χ2n) is 12.2. The number of allylic oxidation sites excluding steroid dienone is 1. The number of nitrogens with zero attached hydrogens (tertiary/aromatic N) is 2. The van der Waals surface area contributed by atoms with Crippen molar-refractivity contribution in [3.63, 3.8) is 0 Å². The van der Waals surface area contributed by atoms with E-state index in [4.69, 9.17) is 9.47 Å². The lowest BCUT2D eigenvalue weighted by Gasteiger charge is -2.39. The van der Waals surface area contributed by atoms with E-state index in [9.17, 15) is 24.3 Å². The Morgan fingerprint density at radius 3 is 2.64 bits per heavy atom. The molecule has 3 amide bonds. The third-order valence-electron chi connectivity index (χ3n) is 9.21. The van der Waals surface area contributed by atoms with Crippen LogP contribution in [0.15, 0.2) is 55.6 Å². The van der Waals surface area contributed by atoms with Crippen LogP contribution in [-0.2, 0) is 28.7 Å². The highest BCUT2D eigenvalue weighted by molar-refractivity contribution is 9.09. The summed E-state index contributed by atoms with van der Waals surface area (Å²) in [6.45, 7) is 11.8. The standard InChI is InChI=1S/C34H46BrN3O7/c1-5-8-16-26(40)44-21-25(23-14-10-9-11-15-23)36-31(41)27-28-32(42)38(18-12-19-39)30(34(28)20-24(35)29(27)45-34)33(43)37(17-7-3)22(4)13-6-2/h5,7,9-11,14-15,22,24-25,27-30,39H,1,3,6,8,12-13,16-21H2,2,4H3,(H,36,41)/t22?,24?,25-,27+,28-,29+,30+,34-/m1/s1. The highest BCUT2D eigenvalue weighted by atomic mass is 79.9. The average Bonchev–Trinajstić information content (AvgIpc) is 3.62. The molecule has 2 bridgehead atoms. The fourth-order valence-corrected chi connectivity index (χ4v) is 8.13. The number of amides is 3. The number of carbonyl (C=O) groups is 4. The van der Waals surface area contributed by atoms with Crippen LogP contribution in [0, 0.1) is 11.8 Å². The summed E-state index contributed by atoms with van der Waals surface area (Å²) in [6, 6.07) is 7.51. The number of ether oxygens (including phenoxy) is 2. The number of fused-ring (bicyclic) bond motifs is 1. The van der Waals surface area contributed by atoms with Gasteiger partial charge in [-0.3, -0.25) is 19.2 Å². The van der Waals surface area contributed by atoms with E-state index >= 15 is 0 Å². The number of rotatable bonds is 17. The number of alkyl halides is 1. The number of likely N-dealkylation sites (tertiary alicyclic amines) is 1. The molecule has 8 atom stereocenters. The molecule has 1 aromatic rings. The Bertz CT molecular complexity index is 1250. The Balaban J connectivity index is 1.66. The first-order chi connectivity index (χ1) is 21.6. The summed E-state index contributed by atoms with van der Waals surface area (Å²) in [5.41, 5.74) is -0.466. The molecule has 4 rings (SSSR count). The first-order valence-electron chi connectivity index (χ1n) is 15.9. The molecule has 10 nitrogen and oxygen atoms in total. The zero-order valence-electron chi connectivity index (χ0n) is 26.2. The maximum Gasteiger partial charge on any atom is 0.306 e. The van der Waals surface area contributed by atoms with E-state index in [1.807, 2.05) is 37.3 Å². The monoisotopic (exact) mass is 687 g/mol. The van der Waals surface area contributed by atoms with E-state index in [0.29, 0.717) is 19.4 Å². The normalized spacial score (nSPS) is 27.9. The van der Waals surface area contributed by atoms with Crippen LogP contribution in [0.25, 0.3) is 0 Å². The number of carbonyl (C=O) groups excluding carboxylic acids is 4. The predicted octanol–water partition coefficient (Wildman–Crippen LogP) is 3.69. The van der Waals surface area contributed by atoms with Gasteiger partial charge in [-0.05, 0) is 38.2 Å². The van der Waals surface area contributed by atoms with Crippen LogP contribution in [-0.4, -0.2) is 93.5 Å². The summed E-state index contributed by atoms with van der Waals surface area (Å²) < 4.78 is 12.2. The van der Waals surface area contributed by atoms with E-state index < -0.39 is 47.5 Å². The van der Waals surface area contributed by atoms with E-state index in [1.54, 1.807) is 17.1 Å². The molecule has 0 aliphatic carbocycles. The van der Waals surface area contributed by atoms with Gasteiger partial charge in [0.25, 0.3) is 0 Å². The molecule has 0 saturated carbocycles. The second kappa shape index (κ2) is 15.5. The third-order valence-corrected chi connectivity index (χ3v) is 10.1. The van der Waals surface area contributed by atoms with Crippen LogP contribution in [0.4, 0.5) is 0 Å². The van der Waals surface area contributed by atoms with Crippen molar-refractivity contribution in [2.24, 2.45) is 11.8 Å². The Morgan fingerprint density at radius 2 is 2.00 bits per heavy atom. The van der Waals surface area contributed by atoms with Crippen LogP contribution in [0.2, 0.25) is 0 Å². The number of esters is 1. The highest BCUT2D eigenvalue weighted by Crippen LogP contribution is 2.60. The van der Waals surface area contributed by atoms with Gasteiger partial charge < -0.3 is 29.7 Å². The van der Waals surface area contributed by atoms with Gasteiger partial charge in [0.15, 0.2) is 0 Å². The number of aliphatic hydroxyl groups excluding tert-OH is 1. The predicted molar refractivity (Wildman–Crippen MR) is 173 cm³/mol. The van der Waals surface area contributed by atoms with Gasteiger partial charge in [0, 0.05) is 37.0 Å². The number of benzene rings is 1. The first kappa shape index (κ1) is 34.8. The van der Waals surface area contributed by atoms with Crippen LogP contribution < -0.4 is 5.32 Å². The fraction of sp³-hybridized carbons (Fsp3) is 0.588. The van der Waals surface area contributed by atoms with Crippen molar-refractivity contribution in [2.45, 2.75) is 87.0 Å². The van der Waals surface area contributed by atoms with Crippen molar-refractivity contribution in [3.05, 3.63) is 61.2 Å². The molecule has 3 saturated heterocycles. The molecule has 1 aromatic carbocycles. The first-order valence-corrected chi connectivity index (χ1v) is 16.8. The molecule has 3 aliphatic rings. The largest absolute Gasteiger partial charge is 0.463 e. The van der Waals surface area contributed by atoms with Crippen molar-refractivity contribution in [1.82, 2.24) is 15.1 Å². The molecule has 0 aromatic heterocycles. The molecule has 2 unspecified atom stereocenters. The van der Waals surface area contributed by atoms with Gasteiger partial charge in [-0.2, -0.15) is 0 Å². The zero-order valence-corrected chi connectivity index (χ0v) is 27.8. The molecule has 3 heterocycles. The van der Waals surface area contributed by atoms with Gasteiger partial charge in [-0.15, -0.1) is 13.2 Å². The minimum Gasteiger partial charge on any atom is -0.463 e. The molecule has 246 valence electrons. The van der Waals surface area contributed by atoms with Crippen LogP contribution in [0.5, 0.6) is 0 Å². The van der Waals surface area contributed by atoms with Crippen molar-refractivity contribution in [1.29, 1.82) is 0 Å². The summed E-state index contributed by atoms with van der Waals surface area (Å²) in [6.07, 6.45) is 5.68. The second-order valence-corrected chi connectivity index (χ2v) is 13.3. The van der Waals surface area contributed by atoms with Gasteiger partial charge in [-0.1, -0.05) is 71.8 Å². The molecular weight excluding hydrogens is 642 g/mol. The van der Waals surface area contributed by atoms with Crippen molar-refractivity contribution >= 4 is 39.6 Å². The van der Waals surface area contributed by atoms with E-state index in [-0.39, 0.29) is 55.3 Å². The number of nitrogens with one attached hydrogen (secondary N) is 1. The Labute approximate surface area is 274 Å². The lowest BCUT2D eigenvalue weighted by atomic mass is 9.70. The molecule has 3 fully saturated rings. The molecule has 0 radical (unpaired) electrons. The molecule has 45 heavy (non-hydrogen) atoms. The Morgan fingerprint density at radius 1 is 1.27 bits per heavy atom. The van der Waals surface area contributed by atoms with Crippen LogP contribution >= 0.6 is 15.9 Å². The Kier molecular flexibility index (Phi) is 12.0. The lowest BCUT2D eigenvalue weighted by Crippen LogP contribution is -2.58. The maximum absolute atomic E-state index is 14.4. The van der Waals surface area contributed by atoms with Crippen LogP contribution in [0.3, 0.4) is 0 Å². The van der Waals surface area contributed by atoms with E-state index in [0.717, 1.165) is 18.4 Å². The van der Waals surface area contributed by atoms with Crippen molar-refractivity contribution < 1.29 is 33.8 Å². The quantitative estimate of drug-likeness (QED) is 0.145. The number of hydrogen-bond acceptors (Lipinski definition) is 7. The highest BCUT2D eigenvalue weighted by Gasteiger charge is 2.76. The van der Waals surface area contributed by atoms with Gasteiger partial charge in [-0.25, -0.2) is 0 Å². The minimum absolute atomic E-state index is 0.0823. The molecule has 1 spiro atoms. The summed E-state index contributed by atoms with van der Waals surface area (Å²) >= 11 is 3.72. The molecular formula is C34H46BrN3O7. The summed E-state index contributed by atoms with van der Waals surface area (Å²) in [5.74, 6) is -3.13. The van der Waals surface area contributed by atoms with E-state index in [2.05, 4.69) is 41.3 Å². The number of aliphatic hydroxyl groups is 1. The lowest BCUT2D eigenvalue weighted by molar-refractivity contribution is -0.149. The zero-order chi connectivity index (χ0) is 32.7. The fourth-order valence-electron chi connectivity index (χ4n) is 7.19. The van der Waals surface area contributed by atoms with Crippen molar-refractivity contribution in [3.8, 4) is 0 Å². The Hall–Kier alpha value is -3.02. The molecule has 3 aliphatic heterocycles. The maximum atomic E-state index is 14.4.